The van der Waals surface area contributed by atoms with Crippen molar-refractivity contribution in [1.82, 2.24) is 0 Å². The summed E-state index contributed by atoms with van der Waals surface area (Å²) in [7, 11) is 0. The summed E-state index contributed by atoms with van der Waals surface area (Å²) < 4.78 is 5.32. The minimum atomic E-state index is 0.606. The molecule has 1 heterocycles. The molecule has 0 atom stereocenters. The molecule has 0 bridgehead atoms. The summed E-state index contributed by atoms with van der Waals surface area (Å²) in [6.45, 7) is 1.30. The Kier molecular flexibility index (Phi) is 2.44. The predicted octanol–water partition coefficient (Wildman–Crippen LogP) is 1.03. The highest BCUT2D eigenvalue weighted by atomic mass is 16.5. The van der Waals surface area contributed by atoms with Gasteiger partial charge < -0.3 is 10.1 Å². The third kappa shape index (κ3) is 1.59. The van der Waals surface area contributed by atoms with E-state index in [1.807, 2.05) is 24.3 Å². The number of aliphatic imine (C=N–C) groups is 1. The van der Waals surface area contributed by atoms with Crippen LogP contribution in [-0.4, -0.2) is 25.5 Å². The second-order valence-corrected chi connectivity index (χ2v) is 2.84. The van der Waals surface area contributed by atoms with Crippen molar-refractivity contribution < 1.29 is 9.53 Å². The van der Waals surface area contributed by atoms with Crippen molar-refractivity contribution in [3.63, 3.8) is 0 Å². The van der Waals surface area contributed by atoms with Gasteiger partial charge in [0.05, 0.1) is 17.8 Å². The van der Waals surface area contributed by atoms with Gasteiger partial charge in [-0.25, -0.2) is 4.99 Å². The molecule has 0 aromatic heterocycles. The molecule has 1 aliphatic rings. The summed E-state index contributed by atoms with van der Waals surface area (Å²) >= 11 is 0. The maximum absolute atomic E-state index is 10.3. The fourth-order valence-electron chi connectivity index (χ4n) is 1.36. The molecule has 1 aliphatic heterocycles. The Morgan fingerprint density at radius 2 is 2.29 bits per heavy atom. The topological polar surface area (TPSA) is 50.7 Å². The SMILES string of the molecule is O=CNc1ccccc1C1=NCCO1. The fraction of sp³-hybridized carbons (Fsp3) is 0.200. The van der Waals surface area contributed by atoms with Crippen LogP contribution in [0.15, 0.2) is 29.3 Å². The van der Waals surface area contributed by atoms with Crippen molar-refractivity contribution >= 4 is 18.0 Å². The molecule has 2 rings (SSSR count). The van der Waals surface area contributed by atoms with E-state index in [-0.39, 0.29) is 0 Å². The number of nitrogens with one attached hydrogen (secondary N) is 1. The largest absolute Gasteiger partial charge is 0.475 e. The van der Waals surface area contributed by atoms with Gasteiger partial charge in [0.15, 0.2) is 0 Å². The van der Waals surface area contributed by atoms with E-state index in [1.54, 1.807) is 0 Å². The quantitative estimate of drug-likeness (QED) is 0.724. The summed E-state index contributed by atoms with van der Waals surface area (Å²) in [6.07, 6.45) is 0.647. The molecule has 1 amide bonds. The van der Waals surface area contributed by atoms with E-state index < -0.39 is 0 Å². The van der Waals surface area contributed by atoms with Gasteiger partial charge in [0.1, 0.15) is 6.61 Å². The first-order valence-corrected chi connectivity index (χ1v) is 4.38. The minimum absolute atomic E-state index is 0.606. The van der Waals surface area contributed by atoms with Crippen LogP contribution in [0.5, 0.6) is 0 Å². The van der Waals surface area contributed by atoms with Crippen LogP contribution in [0.3, 0.4) is 0 Å². The Labute approximate surface area is 81.6 Å². The zero-order valence-corrected chi connectivity index (χ0v) is 7.56. The Morgan fingerprint density at radius 1 is 1.43 bits per heavy atom. The van der Waals surface area contributed by atoms with E-state index in [0.29, 0.717) is 25.5 Å². The zero-order chi connectivity index (χ0) is 9.80. The first-order valence-electron chi connectivity index (χ1n) is 4.38. The highest BCUT2D eigenvalue weighted by Gasteiger charge is 2.13. The lowest BCUT2D eigenvalue weighted by Crippen LogP contribution is -2.06. The average molecular weight is 190 g/mol. The molecule has 0 saturated carbocycles. The number of benzene rings is 1. The van der Waals surface area contributed by atoms with Crippen LogP contribution < -0.4 is 5.32 Å². The van der Waals surface area contributed by atoms with Gasteiger partial charge in [-0.3, -0.25) is 4.79 Å². The van der Waals surface area contributed by atoms with Crippen LogP contribution >= 0.6 is 0 Å². The standard InChI is InChI=1S/C10H10N2O2/c13-7-12-9-4-2-1-3-8(9)10-11-5-6-14-10/h1-4,7H,5-6H2,(H,12,13). The Balaban J connectivity index is 2.35. The first-order chi connectivity index (χ1) is 6.92. The van der Waals surface area contributed by atoms with Crippen LogP contribution in [0, 0.1) is 0 Å². The number of ether oxygens (including phenoxy) is 1. The van der Waals surface area contributed by atoms with Crippen molar-refractivity contribution in [3.8, 4) is 0 Å². The number of rotatable bonds is 3. The number of hydrogen-bond donors (Lipinski definition) is 1. The molecule has 0 radical (unpaired) electrons. The third-order valence-corrected chi connectivity index (χ3v) is 1.96. The Bertz CT molecular complexity index is 374. The monoisotopic (exact) mass is 190 g/mol. The van der Waals surface area contributed by atoms with Gasteiger partial charge in [-0.05, 0) is 12.1 Å². The summed E-state index contributed by atoms with van der Waals surface area (Å²) in [4.78, 5) is 14.5. The van der Waals surface area contributed by atoms with Crippen molar-refractivity contribution in [3.05, 3.63) is 29.8 Å². The molecule has 72 valence electrons. The maximum atomic E-state index is 10.3. The average Bonchev–Trinajstić information content (AvgIpc) is 2.72. The number of carbonyl (C=O) groups is 1. The number of carbonyl (C=O) groups excluding carboxylic acids is 1. The van der Waals surface area contributed by atoms with E-state index in [0.717, 1.165) is 11.3 Å². The second-order valence-electron chi connectivity index (χ2n) is 2.84. The summed E-state index contributed by atoms with van der Waals surface area (Å²) in [5.41, 5.74) is 1.56. The van der Waals surface area contributed by atoms with Gasteiger partial charge in [0, 0.05) is 0 Å². The molecule has 0 aliphatic carbocycles. The van der Waals surface area contributed by atoms with E-state index in [1.165, 1.54) is 0 Å². The summed E-state index contributed by atoms with van der Waals surface area (Å²) in [6, 6.07) is 7.42. The molecule has 0 unspecified atom stereocenters. The smallest absolute Gasteiger partial charge is 0.218 e. The zero-order valence-electron chi connectivity index (χ0n) is 7.56. The van der Waals surface area contributed by atoms with E-state index in [2.05, 4.69) is 10.3 Å². The summed E-state index contributed by atoms with van der Waals surface area (Å²) in [5.74, 6) is 0.606. The lowest BCUT2D eigenvalue weighted by molar-refractivity contribution is -0.105. The molecule has 14 heavy (non-hydrogen) atoms. The molecule has 0 spiro atoms. The lowest BCUT2D eigenvalue weighted by atomic mass is 10.2. The molecule has 1 aromatic rings. The third-order valence-electron chi connectivity index (χ3n) is 1.96. The lowest BCUT2D eigenvalue weighted by Gasteiger charge is -2.06. The van der Waals surface area contributed by atoms with Gasteiger partial charge in [-0.15, -0.1) is 0 Å². The van der Waals surface area contributed by atoms with Crippen LogP contribution in [0.4, 0.5) is 5.69 Å². The van der Waals surface area contributed by atoms with Crippen LogP contribution in [-0.2, 0) is 9.53 Å². The van der Waals surface area contributed by atoms with Crippen molar-refractivity contribution in [2.75, 3.05) is 18.5 Å². The number of amides is 1. The minimum Gasteiger partial charge on any atom is -0.475 e. The maximum Gasteiger partial charge on any atom is 0.218 e. The van der Waals surface area contributed by atoms with Gasteiger partial charge in [0.25, 0.3) is 0 Å². The predicted molar refractivity (Wildman–Crippen MR) is 53.5 cm³/mol. The number of anilines is 1. The van der Waals surface area contributed by atoms with Gasteiger partial charge in [-0.1, -0.05) is 12.1 Å². The highest BCUT2D eigenvalue weighted by molar-refractivity contribution is 6.01. The number of nitrogens with zero attached hydrogens (tertiary/aromatic N) is 1. The van der Waals surface area contributed by atoms with Gasteiger partial charge in [0.2, 0.25) is 12.3 Å². The van der Waals surface area contributed by atoms with Gasteiger partial charge >= 0.3 is 0 Å². The van der Waals surface area contributed by atoms with Crippen molar-refractivity contribution in [2.45, 2.75) is 0 Å². The molecule has 0 saturated heterocycles. The van der Waals surface area contributed by atoms with Crippen LogP contribution in [0.25, 0.3) is 0 Å². The Hall–Kier alpha value is -1.84. The molecular weight excluding hydrogens is 180 g/mol. The van der Waals surface area contributed by atoms with E-state index >= 15 is 0 Å². The molecule has 4 heteroatoms. The Morgan fingerprint density at radius 3 is 3.00 bits per heavy atom. The van der Waals surface area contributed by atoms with E-state index in [9.17, 15) is 4.79 Å². The summed E-state index contributed by atoms with van der Waals surface area (Å²) in [5, 5.41) is 2.61. The molecule has 0 fully saturated rings. The second kappa shape index (κ2) is 3.91. The van der Waals surface area contributed by atoms with Crippen LogP contribution in [0.2, 0.25) is 0 Å². The van der Waals surface area contributed by atoms with Crippen LogP contribution in [0.1, 0.15) is 5.56 Å². The number of para-hydroxylation sites is 1. The normalized spacial score (nSPS) is 14.4. The molecular formula is C10H10N2O2. The fourth-order valence-corrected chi connectivity index (χ4v) is 1.36. The highest BCUT2D eigenvalue weighted by Crippen LogP contribution is 2.17. The van der Waals surface area contributed by atoms with E-state index in [4.69, 9.17) is 4.74 Å². The molecule has 1 aromatic carbocycles. The van der Waals surface area contributed by atoms with Crippen molar-refractivity contribution in [1.29, 1.82) is 0 Å². The van der Waals surface area contributed by atoms with Gasteiger partial charge in [-0.2, -0.15) is 0 Å². The molecule has 4 nitrogen and oxygen atoms in total. The molecule has 1 N–H and O–H groups in total. The first kappa shape index (κ1) is 8.74. The number of hydrogen-bond acceptors (Lipinski definition) is 3. The van der Waals surface area contributed by atoms with Crippen molar-refractivity contribution in [2.24, 2.45) is 4.99 Å².